The summed E-state index contributed by atoms with van der Waals surface area (Å²) in [5, 5.41) is 8.24. The molecule has 11 heteroatoms. The number of nitrogens with zero attached hydrogens (tertiary/aromatic N) is 2. The Balaban J connectivity index is 1.66. The van der Waals surface area contributed by atoms with Gasteiger partial charge in [0.1, 0.15) is 43.1 Å². The van der Waals surface area contributed by atoms with E-state index in [-0.39, 0.29) is 24.4 Å². The monoisotopic (exact) mass is 594 g/mol. The summed E-state index contributed by atoms with van der Waals surface area (Å²) in [5.74, 6) is 5.32. The molecule has 3 rings (SSSR count). The summed E-state index contributed by atoms with van der Waals surface area (Å²) in [6, 6.07) is 18.8. The topological polar surface area (TPSA) is 87.9 Å². The first kappa shape index (κ1) is 32.3. The number of methoxy groups -OCH3 is 2. The lowest BCUT2D eigenvalue weighted by molar-refractivity contribution is -0.137. The fraction of sp³-hybridized carbons (Fsp3) is 0.219. The lowest BCUT2D eigenvalue weighted by Gasteiger charge is -2.11. The number of ether oxygens (including phenoxy) is 3. The Morgan fingerprint density at radius 2 is 1.70 bits per heavy atom. The molecule has 3 aromatic rings. The third kappa shape index (κ3) is 9.39. The third-order valence-electron chi connectivity index (χ3n) is 5.76. The first-order chi connectivity index (χ1) is 20.7. The van der Waals surface area contributed by atoms with Crippen molar-refractivity contribution in [1.29, 1.82) is 0 Å². The molecule has 0 bridgehead atoms. The molecule has 0 amide bonds. The number of rotatable bonds is 11. The summed E-state index contributed by atoms with van der Waals surface area (Å²) in [4.78, 5) is 22.8. The van der Waals surface area contributed by atoms with E-state index in [1.807, 2.05) is 0 Å². The van der Waals surface area contributed by atoms with Crippen LogP contribution in [0.3, 0.4) is 0 Å². The van der Waals surface area contributed by atoms with Crippen molar-refractivity contribution in [2.24, 2.45) is 10.3 Å². The highest BCUT2D eigenvalue weighted by molar-refractivity contribution is 6.47. The van der Waals surface area contributed by atoms with Crippen molar-refractivity contribution in [3.05, 3.63) is 107 Å². The van der Waals surface area contributed by atoms with Crippen LogP contribution in [-0.2, 0) is 36.7 Å². The second-order valence-electron chi connectivity index (χ2n) is 8.68. The summed E-state index contributed by atoms with van der Waals surface area (Å²) in [6.07, 6.45) is -3.13. The van der Waals surface area contributed by atoms with Crippen molar-refractivity contribution >= 4 is 23.0 Å². The van der Waals surface area contributed by atoms with E-state index >= 15 is 0 Å². The Hall–Kier alpha value is -5.24. The second kappa shape index (κ2) is 15.7. The molecular formula is C32H29F3N2O6. The normalized spacial score (nSPS) is 12.1. The van der Waals surface area contributed by atoms with Crippen LogP contribution in [0.15, 0.2) is 89.4 Å². The van der Waals surface area contributed by atoms with Crippen molar-refractivity contribution in [2.75, 3.05) is 27.9 Å². The van der Waals surface area contributed by atoms with E-state index < -0.39 is 17.7 Å². The standard InChI is InChI=1S/C32H29F3N2O6/c1-22(36-43-20-25-11-5-6-13-28(25)29(21-39-2)31(38)40-3)30(37-41-4)24-14-16-27(17-15-24)42-18-8-10-23-9-7-12-26(19-23)32(33,34)35/h5-7,9,11-17,19,21H,18,20H2,1-4H3/b29-21+,36-22+,37-30+. The smallest absolute Gasteiger partial charge is 0.416 e. The van der Waals surface area contributed by atoms with E-state index in [9.17, 15) is 18.0 Å². The Morgan fingerprint density at radius 3 is 2.37 bits per heavy atom. The minimum atomic E-state index is -4.43. The molecule has 0 saturated heterocycles. The molecule has 0 heterocycles. The number of halogens is 3. The molecule has 0 atom stereocenters. The molecule has 0 spiro atoms. The van der Waals surface area contributed by atoms with Crippen LogP contribution in [0.5, 0.6) is 5.75 Å². The van der Waals surface area contributed by atoms with Gasteiger partial charge in [-0.05, 0) is 55.0 Å². The van der Waals surface area contributed by atoms with Gasteiger partial charge in [0.25, 0.3) is 0 Å². The average molecular weight is 595 g/mol. The van der Waals surface area contributed by atoms with Gasteiger partial charge in [-0.3, -0.25) is 0 Å². The molecule has 224 valence electrons. The molecule has 0 radical (unpaired) electrons. The Morgan fingerprint density at radius 1 is 0.953 bits per heavy atom. The van der Waals surface area contributed by atoms with Crippen LogP contribution in [-0.4, -0.2) is 45.3 Å². The van der Waals surface area contributed by atoms with E-state index in [0.717, 1.165) is 12.1 Å². The summed E-state index contributed by atoms with van der Waals surface area (Å²) < 4.78 is 54.1. The van der Waals surface area contributed by atoms with Gasteiger partial charge in [0.15, 0.2) is 0 Å². The van der Waals surface area contributed by atoms with Crippen molar-refractivity contribution in [3.63, 3.8) is 0 Å². The number of carbonyl (C=O) groups is 1. The number of benzene rings is 3. The highest BCUT2D eigenvalue weighted by Crippen LogP contribution is 2.29. The lowest BCUT2D eigenvalue weighted by atomic mass is 10.0. The molecule has 0 N–H and O–H groups in total. The third-order valence-corrected chi connectivity index (χ3v) is 5.76. The molecule has 0 aromatic heterocycles. The van der Waals surface area contributed by atoms with Gasteiger partial charge >= 0.3 is 12.1 Å². The maximum Gasteiger partial charge on any atom is 0.416 e. The molecule has 43 heavy (non-hydrogen) atoms. The predicted molar refractivity (Wildman–Crippen MR) is 155 cm³/mol. The van der Waals surface area contributed by atoms with Crippen molar-refractivity contribution in [1.82, 2.24) is 0 Å². The highest BCUT2D eigenvalue weighted by atomic mass is 19.4. The summed E-state index contributed by atoms with van der Waals surface area (Å²) in [6.45, 7) is 1.71. The van der Waals surface area contributed by atoms with Crippen LogP contribution in [0.1, 0.15) is 34.7 Å². The van der Waals surface area contributed by atoms with Gasteiger partial charge in [-0.25, -0.2) is 4.79 Å². The maximum absolute atomic E-state index is 12.9. The summed E-state index contributed by atoms with van der Waals surface area (Å²) in [7, 11) is 4.12. The number of hydrogen-bond donors (Lipinski definition) is 0. The minimum Gasteiger partial charge on any atom is -0.503 e. The zero-order valence-corrected chi connectivity index (χ0v) is 23.9. The van der Waals surface area contributed by atoms with Gasteiger partial charge in [-0.1, -0.05) is 52.5 Å². The van der Waals surface area contributed by atoms with Crippen LogP contribution in [0, 0.1) is 11.8 Å². The van der Waals surface area contributed by atoms with Gasteiger partial charge < -0.3 is 23.9 Å². The van der Waals surface area contributed by atoms with Gasteiger partial charge in [0.05, 0.1) is 26.0 Å². The number of hydrogen-bond acceptors (Lipinski definition) is 8. The van der Waals surface area contributed by atoms with Gasteiger partial charge in [-0.15, -0.1) is 0 Å². The maximum atomic E-state index is 12.9. The van der Waals surface area contributed by atoms with E-state index in [0.29, 0.717) is 33.9 Å². The number of esters is 1. The number of carbonyl (C=O) groups excluding carboxylic acids is 1. The molecular weight excluding hydrogens is 565 g/mol. The zero-order chi connectivity index (χ0) is 31.2. The molecule has 0 saturated carbocycles. The van der Waals surface area contributed by atoms with E-state index in [4.69, 9.17) is 23.9 Å². The summed E-state index contributed by atoms with van der Waals surface area (Å²) in [5.41, 5.74) is 2.44. The van der Waals surface area contributed by atoms with Gasteiger partial charge in [-0.2, -0.15) is 13.2 Å². The van der Waals surface area contributed by atoms with Crippen molar-refractivity contribution < 1.29 is 41.9 Å². The minimum absolute atomic E-state index is 0.0261. The predicted octanol–water partition coefficient (Wildman–Crippen LogP) is 6.24. The van der Waals surface area contributed by atoms with Crippen LogP contribution in [0.4, 0.5) is 13.2 Å². The number of alkyl halides is 3. The Kier molecular flexibility index (Phi) is 11.8. The fourth-order valence-electron chi connectivity index (χ4n) is 3.76. The quantitative estimate of drug-likeness (QED) is 0.0653. The molecule has 0 aliphatic rings. The molecule has 0 unspecified atom stereocenters. The van der Waals surface area contributed by atoms with Crippen LogP contribution in [0.25, 0.3) is 5.57 Å². The van der Waals surface area contributed by atoms with Gasteiger partial charge in [0.2, 0.25) is 0 Å². The molecule has 0 fully saturated rings. The van der Waals surface area contributed by atoms with E-state index in [1.165, 1.54) is 39.7 Å². The first-order valence-electron chi connectivity index (χ1n) is 12.7. The SMILES string of the molecule is CO/C=C(/C(=O)OC)c1ccccc1CO/N=C(C)/C(=N\OC)c1ccc(OCC#Cc2cccc(C(F)(F)F)c2)cc1. The Bertz CT molecular complexity index is 1550. The highest BCUT2D eigenvalue weighted by Gasteiger charge is 2.30. The van der Waals surface area contributed by atoms with Crippen LogP contribution in [0.2, 0.25) is 0 Å². The second-order valence-corrected chi connectivity index (χ2v) is 8.68. The van der Waals surface area contributed by atoms with E-state index in [2.05, 4.69) is 22.2 Å². The van der Waals surface area contributed by atoms with Crippen LogP contribution >= 0.6 is 0 Å². The number of oxime groups is 2. The van der Waals surface area contributed by atoms with E-state index in [1.54, 1.807) is 55.5 Å². The van der Waals surface area contributed by atoms with Crippen LogP contribution < -0.4 is 4.74 Å². The average Bonchev–Trinajstić information content (AvgIpc) is 3.01. The van der Waals surface area contributed by atoms with Crippen molar-refractivity contribution in [2.45, 2.75) is 19.7 Å². The zero-order valence-electron chi connectivity index (χ0n) is 23.9. The van der Waals surface area contributed by atoms with Crippen molar-refractivity contribution in [3.8, 4) is 17.6 Å². The fourth-order valence-corrected chi connectivity index (χ4v) is 3.76. The molecule has 0 aliphatic carbocycles. The largest absolute Gasteiger partial charge is 0.503 e. The molecule has 3 aromatic carbocycles. The lowest BCUT2D eigenvalue weighted by Crippen LogP contribution is -2.13. The molecule has 0 aliphatic heterocycles. The van der Waals surface area contributed by atoms with Gasteiger partial charge in [0, 0.05) is 16.7 Å². The Labute approximate surface area is 247 Å². The molecule has 8 nitrogen and oxygen atoms in total. The first-order valence-corrected chi connectivity index (χ1v) is 12.7. The summed E-state index contributed by atoms with van der Waals surface area (Å²) >= 11 is 0.